The van der Waals surface area contributed by atoms with Gasteiger partial charge in [-0.3, -0.25) is 4.79 Å². The fourth-order valence-electron chi connectivity index (χ4n) is 3.08. The summed E-state index contributed by atoms with van der Waals surface area (Å²) in [4.78, 5) is 23.8. The third-order valence-corrected chi connectivity index (χ3v) is 4.49. The fraction of sp³-hybridized carbons (Fsp3) is 0.0833. The predicted molar refractivity (Wildman–Crippen MR) is 112 cm³/mol. The van der Waals surface area contributed by atoms with Crippen LogP contribution in [0, 0.1) is 0 Å². The lowest BCUT2D eigenvalue weighted by Crippen LogP contribution is -2.21. The molecule has 0 aliphatic rings. The van der Waals surface area contributed by atoms with Gasteiger partial charge in [-0.1, -0.05) is 48.5 Å². The fourth-order valence-corrected chi connectivity index (χ4v) is 3.08. The Bertz CT molecular complexity index is 1200. The molecule has 0 unspecified atom stereocenters. The molecule has 4 aromatic rings. The van der Waals surface area contributed by atoms with Gasteiger partial charge < -0.3 is 14.5 Å². The summed E-state index contributed by atoms with van der Waals surface area (Å²) in [5.41, 5.74) is 2.95. The molecule has 1 aromatic heterocycles. The van der Waals surface area contributed by atoms with Gasteiger partial charge in [-0.2, -0.15) is 0 Å². The van der Waals surface area contributed by atoms with Gasteiger partial charge in [0.15, 0.2) is 6.61 Å². The van der Waals surface area contributed by atoms with Crippen molar-refractivity contribution in [1.29, 1.82) is 0 Å². The SMILES string of the molecule is O=C(COc1ccc2ccc(=O)oc2c1)Nc1ccccc1Cc1ccccc1. The predicted octanol–water partition coefficient (Wildman–Crippen LogP) is 4.40. The van der Waals surface area contributed by atoms with Crippen molar-refractivity contribution in [2.24, 2.45) is 0 Å². The van der Waals surface area contributed by atoms with Gasteiger partial charge in [-0.15, -0.1) is 0 Å². The molecular weight excluding hydrogens is 366 g/mol. The summed E-state index contributed by atoms with van der Waals surface area (Å²) in [6.07, 6.45) is 0.724. The Kier molecular flexibility index (Phi) is 5.38. The van der Waals surface area contributed by atoms with Crippen molar-refractivity contribution in [3.8, 4) is 5.75 Å². The van der Waals surface area contributed by atoms with Gasteiger partial charge in [0, 0.05) is 23.2 Å². The molecule has 144 valence electrons. The summed E-state index contributed by atoms with van der Waals surface area (Å²) in [5.74, 6) is 0.194. The first-order chi connectivity index (χ1) is 14.2. The normalized spacial score (nSPS) is 10.6. The van der Waals surface area contributed by atoms with Crippen LogP contribution in [0.1, 0.15) is 11.1 Å². The van der Waals surface area contributed by atoms with Crippen molar-refractivity contribution in [2.75, 3.05) is 11.9 Å². The number of carbonyl (C=O) groups is 1. The van der Waals surface area contributed by atoms with Crippen LogP contribution in [0.3, 0.4) is 0 Å². The van der Waals surface area contributed by atoms with E-state index in [1.165, 1.54) is 11.6 Å². The van der Waals surface area contributed by atoms with E-state index < -0.39 is 5.63 Å². The summed E-state index contributed by atoms with van der Waals surface area (Å²) >= 11 is 0. The standard InChI is InChI=1S/C24H19NO4/c26-23(16-28-20-12-10-18-11-13-24(27)29-22(18)15-20)25-21-9-5-4-8-19(21)14-17-6-2-1-3-7-17/h1-13,15H,14,16H2,(H,25,26). The first-order valence-electron chi connectivity index (χ1n) is 9.26. The summed E-state index contributed by atoms with van der Waals surface area (Å²) in [6.45, 7) is -0.151. The third kappa shape index (κ3) is 4.71. The van der Waals surface area contributed by atoms with Gasteiger partial charge in [-0.25, -0.2) is 4.79 Å². The molecule has 0 radical (unpaired) electrons. The Labute approximate surface area is 167 Å². The molecule has 0 aliphatic heterocycles. The van der Waals surface area contributed by atoms with Crippen molar-refractivity contribution < 1.29 is 13.9 Å². The molecular formula is C24H19NO4. The van der Waals surface area contributed by atoms with Crippen LogP contribution in [-0.2, 0) is 11.2 Å². The summed E-state index contributed by atoms with van der Waals surface area (Å²) in [5, 5.41) is 3.70. The number of hydrogen-bond acceptors (Lipinski definition) is 4. The number of anilines is 1. The molecule has 1 amide bonds. The van der Waals surface area contributed by atoms with E-state index >= 15 is 0 Å². The molecule has 1 heterocycles. The molecule has 5 nitrogen and oxygen atoms in total. The van der Waals surface area contributed by atoms with E-state index in [1.54, 1.807) is 24.3 Å². The van der Waals surface area contributed by atoms with E-state index in [4.69, 9.17) is 9.15 Å². The smallest absolute Gasteiger partial charge is 0.336 e. The quantitative estimate of drug-likeness (QED) is 0.500. The molecule has 0 fully saturated rings. The first kappa shape index (κ1) is 18.5. The molecule has 0 bridgehead atoms. The van der Waals surface area contributed by atoms with Crippen molar-refractivity contribution in [1.82, 2.24) is 0 Å². The minimum atomic E-state index is -0.428. The number of ether oxygens (including phenoxy) is 1. The Morgan fingerprint density at radius 2 is 1.66 bits per heavy atom. The number of rotatable bonds is 6. The van der Waals surface area contributed by atoms with E-state index in [0.29, 0.717) is 11.3 Å². The zero-order chi connectivity index (χ0) is 20.1. The maximum absolute atomic E-state index is 12.4. The third-order valence-electron chi connectivity index (χ3n) is 4.49. The molecule has 0 saturated carbocycles. The van der Waals surface area contributed by atoms with Crippen LogP contribution < -0.4 is 15.7 Å². The van der Waals surface area contributed by atoms with E-state index in [1.807, 2.05) is 42.5 Å². The Morgan fingerprint density at radius 3 is 2.52 bits per heavy atom. The van der Waals surface area contributed by atoms with Crippen molar-refractivity contribution in [2.45, 2.75) is 6.42 Å². The average molecular weight is 385 g/mol. The molecule has 0 atom stereocenters. The van der Waals surface area contributed by atoms with Gasteiger partial charge in [-0.05, 0) is 41.8 Å². The number of para-hydroxylation sites is 1. The second-order valence-electron chi connectivity index (χ2n) is 6.61. The largest absolute Gasteiger partial charge is 0.484 e. The van der Waals surface area contributed by atoms with Crippen molar-refractivity contribution >= 4 is 22.6 Å². The Hall–Kier alpha value is -3.86. The van der Waals surface area contributed by atoms with Crippen molar-refractivity contribution in [3.05, 3.63) is 106 Å². The van der Waals surface area contributed by atoms with Crippen LogP contribution in [0.5, 0.6) is 5.75 Å². The highest BCUT2D eigenvalue weighted by molar-refractivity contribution is 5.92. The van der Waals surface area contributed by atoms with E-state index in [2.05, 4.69) is 17.4 Å². The van der Waals surface area contributed by atoms with E-state index in [0.717, 1.165) is 23.1 Å². The summed E-state index contributed by atoms with van der Waals surface area (Å²) < 4.78 is 10.7. The maximum Gasteiger partial charge on any atom is 0.336 e. The van der Waals surface area contributed by atoms with E-state index in [9.17, 15) is 9.59 Å². The number of benzene rings is 3. The lowest BCUT2D eigenvalue weighted by Gasteiger charge is -2.12. The van der Waals surface area contributed by atoms with Gasteiger partial charge in [0.05, 0.1) is 0 Å². The highest BCUT2D eigenvalue weighted by Gasteiger charge is 2.09. The van der Waals surface area contributed by atoms with Crippen molar-refractivity contribution in [3.63, 3.8) is 0 Å². The van der Waals surface area contributed by atoms with Crippen LogP contribution in [0.2, 0.25) is 0 Å². The number of carbonyl (C=O) groups excluding carboxylic acids is 1. The summed E-state index contributed by atoms with van der Waals surface area (Å²) in [7, 11) is 0. The van der Waals surface area contributed by atoms with Gasteiger partial charge in [0.2, 0.25) is 0 Å². The van der Waals surface area contributed by atoms with Crippen LogP contribution in [0.25, 0.3) is 11.0 Å². The minimum absolute atomic E-state index is 0.151. The number of amides is 1. The van der Waals surface area contributed by atoms with Crippen LogP contribution in [0.15, 0.2) is 94.1 Å². The highest BCUT2D eigenvalue weighted by atomic mass is 16.5. The minimum Gasteiger partial charge on any atom is -0.484 e. The molecule has 1 N–H and O–H groups in total. The zero-order valence-corrected chi connectivity index (χ0v) is 15.6. The van der Waals surface area contributed by atoms with Crippen LogP contribution in [-0.4, -0.2) is 12.5 Å². The molecule has 5 heteroatoms. The number of hydrogen-bond donors (Lipinski definition) is 1. The lowest BCUT2D eigenvalue weighted by molar-refractivity contribution is -0.118. The molecule has 0 saturated heterocycles. The maximum atomic E-state index is 12.4. The van der Waals surface area contributed by atoms with Gasteiger partial charge >= 0.3 is 5.63 Å². The van der Waals surface area contributed by atoms with Gasteiger partial charge in [0.25, 0.3) is 5.91 Å². The van der Waals surface area contributed by atoms with Crippen LogP contribution in [0.4, 0.5) is 5.69 Å². The van der Waals surface area contributed by atoms with Crippen LogP contribution >= 0.6 is 0 Å². The monoisotopic (exact) mass is 385 g/mol. The second-order valence-corrected chi connectivity index (χ2v) is 6.61. The molecule has 29 heavy (non-hydrogen) atoms. The molecule has 0 spiro atoms. The lowest BCUT2D eigenvalue weighted by atomic mass is 10.0. The Balaban J connectivity index is 1.42. The molecule has 3 aromatic carbocycles. The summed E-state index contributed by atoms with van der Waals surface area (Å²) in [6, 6.07) is 26.0. The number of nitrogens with one attached hydrogen (secondary N) is 1. The Morgan fingerprint density at radius 1 is 0.897 bits per heavy atom. The van der Waals surface area contributed by atoms with E-state index in [-0.39, 0.29) is 12.5 Å². The average Bonchev–Trinajstić information content (AvgIpc) is 2.74. The second kappa shape index (κ2) is 8.44. The highest BCUT2D eigenvalue weighted by Crippen LogP contribution is 2.21. The molecule has 0 aliphatic carbocycles. The van der Waals surface area contributed by atoms with Gasteiger partial charge in [0.1, 0.15) is 11.3 Å². The molecule has 4 rings (SSSR count). The zero-order valence-electron chi connectivity index (χ0n) is 15.6. The number of fused-ring (bicyclic) bond motifs is 1. The first-order valence-corrected chi connectivity index (χ1v) is 9.26. The topological polar surface area (TPSA) is 68.5 Å².